The summed E-state index contributed by atoms with van der Waals surface area (Å²) in [5.41, 5.74) is 4.07. The van der Waals surface area contributed by atoms with Gasteiger partial charge in [0.2, 0.25) is 5.95 Å². The topological polar surface area (TPSA) is 71.9 Å². The summed E-state index contributed by atoms with van der Waals surface area (Å²) in [6.45, 7) is 2.34. The molecule has 1 aliphatic rings. The molecule has 0 radical (unpaired) electrons. The minimum Gasteiger partial charge on any atom is -0.487 e. The van der Waals surface area contributed by atoms with Crippen LogP contribution in [-0.2, 0) is 11.3 Å². The third kappa shape index (κ3) is 6.26. The van der Waals surface area contributed by atoms with Crippen LogP contribution in [0.5, 0.6) is 5.75 Å². The number of rotatable bonds is 7. The number of anilines is 2. The minimum absolute atomic E-state index is 0.140. The fraction of sp³-hybridized carbons (Fsp3) is 0.227. The quantitative estimate of drug-likeness (QED) is 0.220. The second-order valence-electron chi connectivity index (χ2n) is 7.03. The molecule has 2 aromatic carbocycles. The maximum atomic E-state index is 14.2. The normalized spacial score (nSPS) is 14.0. The third-order valence-corrected chi connectivity index (χ3v) is 6.37. The van der Waals surface area contributed by atoms with Crippen molar-refractivity contribution in [1.29, 1.82) is 0 Å². The molecule has 1 N–H and O–H groups in total. The van der Waals surface area contributed by atoms with E-state index in [0.29, 0.717) is 37.6 Å². The van der Waals surface area contributed by atoms with E-state index in [1.54, 1.807) is 24.4 Å². The van der Waals surface area contributed by atoms with Crippen molar-refractivity contribution in [1.82, 2.24) is 9.97 Å². The lowest BCUT2D eigenvalue weighted by Gasteiger charge is -2.27. The van der Waals surface area contributed by atoms with E-state index in [-0.39, 0.29) is 24.2 Å². The van der Waals surface area contributed by atoms with E-state index >= 15 is 0 Å². The van der Waals surface area contributed by atoms with E-state index in [9.17, 15) is 8.78 Å². The molecule has 1 aliphatic heterocycles. The number of halogens is 4. The molecule has 0 amide bonds. The Bertz CT molecular complexity index is 1140. The summed E-state index contributed by atoms with van der Waals surface area (Å²) in [5.74, 6) is 0.329. The van der Waals surface area contributed by atoms with Gasteiger partial charge < -0.3 is 14.4 Å². The maximum Gasteiger partial charge on any atom is 0.245 e. The van der Waals surface area contributed by atoms with Crippen molar-refractivity contribution >= 4 is 63.2 Å². The number of hydrazone groups is 1. The first kappa shape index (κ1) is 24.0. The fourth-order valence-corrected chi connectivity index (χ4v) is 5.26. The van der Waals surface area contributed by atoms with Crippen molar-refractivity contribution < 1.29 is 18.3 Å². The smallest absolute Gasteiger partial charge is 0.245 e. The standard InChI is InChI=1S/C22H19F2I2N5O2/c23-16-4-2-1-3-15(16)13-33-20-18(25)9-14(10-19(20)26)11-28-30-22-27-12-17(24)21(29-22)31-5-7-32-8-6-31/h1-4,9-12H,5-8,13H2,(H,27,29,30)/b28-11-. The summed E-state index contributed by atoms with van der Waals surface area (Å²) in [4.78, 5) is 10.0. The van der Waals surface area contributed by atoms with Gasteiger partial charge >= 0.3 is 0 Å². The van der Waals surface area contributed by atoms with Crippen LogP contribution in [0.25, 0.3) is 0 Å². The minimum atomic E-state index is -0.485. The van der Waals surface area contributed by atoms with Crippen LogP contribution < -0.4 is 15.1 Å². The summed E-state index contributed by atoms with van der Waals surface area (Å²) in [7, 11) is 0. The molecule has 0 unspecified atom stereocenters. The van der Waals surface area contributed by atoms with Crippen LogP contribution in [0, 0.1) is 18.8 Å². The molecule has 0 atom stereocenters. The summed E-state index contributed by atoms with van der Waals surface area (Å²) in [6, 6.07) is 10.3. The lowest BCUT2D eigenvalue weighted by Crippen LogP contribution is -2.37. The second kappa shape index (κ2) is 11.3. The predicted octanol–water partition coefficient (Wildman–Crippen LogP) is 4.83. The van der Waals surface area contributed by atoms with Crippen LogP contribution in [-0.4, -0.2) is 42.5 Å². The van der Waals surface area contributed by atoms with Crippen molar-refractivity contribution in [2.75, 3.05) is 36.6 Å². The van der Waals surface area contributed by atoms with Gasteiger partial charge in [0.05, 0.1) is 32.8 Å². The third-order valence-electron chi connectivity index (χ3n) is 4.76. The molecular weight excluding hydrogens is 658 g/mol. The molecule has 4 rings (SSSR count). The molecule has 1 fully saturated rings. The number of nitrogens with zero attached hydrogens (tertiary/aromatic N) is 4. The lowest BCUT2D eigenvalue weighted by molar-refractivity contribution is 0.122. The molecule has 3 aromatic rings. The number of nitrogens with one attached hydrogen (secondary N) is 1. The van der Waals surface area contributed by atoms with Gasteiger partial charge in [-0.25, -0.2) is 19.2 Å². The van der Waals surface area contributed by atoms with Crippen molar-refractivity contribution in [3.05, 3.63) is 72.5 Å². The number of hydrogen-bond donors (Lipinski definition) is 1. The Morgan fingerprint density at radius 2 is 1.85 bits per heavy atom. The van der Waals surface area contributed by atoms with Crippen molar-refractivity contribution in [2.24, 2.45) is 5.10 Å². The van der Waals surface area contributed by atoms with Gasteiger partial charge in [-0.2, -0.15) is 10.1 Å². The van der Waals surface area contributed by atoms with Gasteiger partial charge in [0, 0.05) is 18.7 Å². The van der Waals surface area contributed by atoms with E-state index in [4.69, 9.17) is 9.47 Å². The second-order valence-corrected chi connectivity index (χ2v) is 9.35. The van der Waals surface area contributed by atoms with Crippen LogP contribution in [0.2, 0.25) is 0 Å². The van der Waals surface area contributed by atoms with Crippen LogP contribution in [0.3, 0.4) is 0 Å². The number of aromatic nitrogens is 2. The Balaban J connectivity index is 1.42. The molecule has 0 aliphatic carbocycles. The summed E-state index contributed by atoms with van der Waals surface area (Å²) >= 11 is 4.34. The van der Waals surface area contributed by atoms with Crippen molar-refractivity contribution in [3.63, 3.8) is 0 Å². The van der Waals surface area contributed by atoms with Crippen molar-refractivity contribution in [2.45, 2.75) is 6.61 Å². The largest absolute Gasteiger partial charge is 0.487 e. The Kier molecular flexibility index (Phi) is 8.25. The van der Waals surface area contributed by atoms with E-state index in [2.05, 4.69) is 65.7 Å². The molecule has 11 heteroatoms. The fourth-order valence-electron chi connectivity index (χ4n) is 3.13. The SMILES string of the molecule is Fc1ccccc1COc1c(I)cc(/C=N\Nc2ncc(F)c(N3CCOCC3)n2)cc1I. The first-order valence-corrected chi connectivity index (χ1v) is 12.2. The highest BCUT2D eigenvalue weighted by molar-refractivity contribution is 14.1. The molecule has 0 spiro atoms. The van der Waals surface area contributed by atoms with Gasteiger partial charge in [-0.3, -0.25) is 0 Å². The average molecular weight is 677 g/mol. The van der Waals surface area contributed by atoms with Gasteiger partial charge in [0.1, 0.15) is 18.2 Å². The van der Waals surface area contributed by atoms with Crippen LogP contribution in [0.4, 0.5) is 20.5 Å². The zero-order valence-corrected chi connectivity index (χ0v) is 21.6. The Labute approximate surface area is 216 Å². The van der Waals surface area contributed by atoms with Gasteiger partial charge in [0.25, 0.3) is 0 Å². The summed E-state index contributed by atoms with van der Waals surface area (Å²) in [5, 5.41) is 4.18. The van der Waals surface area contributed by atoms with Gasteiger partial charge in [-0.1, -0.05) is 18.2 Å². The zero-order valence-electron chi connectivity index (χ0n) is 17.3. The monoisotopic (exact) mass is 677 g/mol. The zero-order chi connectivity index (χ0) is 23.2. The molecule has 172 valence electrons. The summed E-state index contributed by atoms with van der Waals surface area (Å²) in [6.07, 6.45) is 2.75. The van der Waals surface area contributed by atoms with Gasteiger partial charge in [0.15, 0.2) is 11.6 Å². The summed E-state index contributed by atoms with van der Waals surface area (Å²) < 4.78 is 40.9. The molecule has 0 saturated carbocycles. The average Bonchev–Trinajstić information content (AvgIpc) is 2.81. The molecule has 33 heavy (non-hydrogen) atoms. The van der Waals surface area contributed by atoms with Gasteiger partial charge in [-0.15, -0.1) is 0 Å². The molecule has 1 aromatic heterocycles. The molecular formula is C22H19F2I2N5O2. The van der Waals surface area contributed by atoms with E-state index < -0.39 is 5.82 Å². The molecule has 2 heterocycles. The van der Waals surface area contributed by atoms with Crippen LogP contribution in [0.1, 0.15) is 11.1 Å². The van der Waals surface area contributed by atoms with Crippen molar-refractivity contribution in [3.8, 4) is 5.75 Å². The highest BCUT2D eigenvalue weighted by Crippen LogP contribution is 2.29. The number of hydrogen-bond acceptors (Lipinski definition) is 7. The number of morpholine rings is 1. The van der Waals surface area contributed by atoms with E-state index in [1.165, 1.54) is 6.07 Å². The predicted molar refractivity (Wildman–Crippen MR) is 139 cm³/mol. The number of ether oxygens (including phenoxy) is 2. The Hall–Kier alpha value is -2.13. The first-order valence-electron chi connectivity index (χ1n) is 10.0. The lowest BCUT2D eigenvalue weighted by atomic mass is 10.2. The maximum absolute atomic E-state index is 14.2. The molecule has 1 saturated heterocycles. The Morgan fingerprint density at radius 3 is 2.58 bits per heavy atom. The van der Waals surface area contributed by atoms with E-state index in [0.717, 1.165) is 18.9 Å². The Morgan fingerprint density at radius 1 is 1.12 bits per heavy atom. The number of benzene rings is 2. The van der Waals surface area contributed by atoms with Gasteiger partial charge in [-0.05, 0) is 68.9 Å². The molecule has 7 nitrogen and oxygen atoms in total. The highest BCUT2D eigenvalue weighted by Gasteiger charge is 2.17. The molecule has 0 bridgehead atoms. The van der Waals surface area contributed by atoms with Crippen LogP contribution in [0.15, 0.2) is 47.7 Å². The van der Waals surface area contributed by atoms with Crippen LogP contribution >= 0.6 is 45.2 Å². The first-order chi connectivity index (χ1) is 16.0. The highest BCUT2D eigenvalue weighted by atomic mass is 127. The van der Waals surface area contributed by atoms with E-state index in [1.807, 2.05) is 17.0 Å².